The molecule has 2 heterocycles. The molecule has 4 aromatic rings. The molecule has 0 aliphatic rings. The van der Waals surface area contributed by atoms with Crippen molar-refractivity contribution in [3.05, 3.63) is 78.6 Å². The van der Waals surface area contributed by atoms with Gasteiger partial charge in [0.05, 0.1) is 19.0 Å². The smallest absolute Gasteiger partial charge is 0.196 e. The first-order chi connectivity index (χ1) is 16.1. The number of nitrogens with zero attached hydrogens (tertiary/aromatic N) is 4. The van der Waals surface area contributed by atoms with Crippen molar-refractivity contribution in [1.29, 1.82) is 0 Å². The van der Waals surface area contributed by atoms with E-state index in [9.17, 15) is 4.79 Å². The van der Waals surface area contributed by atoms with Crippen LogP contribution in [-0.2, 0) is 0 Å². The molecule has 33 heavy (non-hydrogen) atoms. The number of pyridine rings is 1. The standard InChI is InChI=1S/C25H24N4O3S/c1-4-32-22-13-9-20(10-14-22)29-24(19-6-5-15-26-16-19)27-28-25(29)33-17(2)23(30)18-7-11-21(31-3)12-8-18/h5-17H,4H2,1-3H3. The van der Waals surface area contributed by atoms with Crippen molar-refractivity contribution >= 4 is 17.5 Å². The van der Waals surface area contributed by atoms with E-state index in [2.05, 4.69) is 15.2 Å². The van der Waals surface area contributed by atoms with Gasteiger partial charge >= 0.3 is 0 Å². The van der Waals surface area contributed by atoms with Crippen LogP contribution >= 0.6 is 11.8 Å². The van der Waals surface area contributed by atoms with Crippen LogP contribution in [0.2, 0.25) is 0 Å². The predicted molar refractivity (Wildman–Crippen MR) is 128 cm³/mol. The first-order valence-corrected chi connectivity index (χ1v) is 11.4. The van der Waals surface area contributed by atoms with E-state index in [1.54, 1.807) is 43.8 Å². The van der Waals surface area contributed by atoms with Crippen molar-refractivity contribution in [3.8, 4) is 28.6 Å². The monoisotopic (exact) mass is 460 g/mol. The van der Waals surface area contributed by atoms with E-state index in [1.165, 1.54) is 11.8 Å². The number of Topliss-reactive ketones (excluding diaryl/α,β-unsaturated/α-hetero) is 1. The summed E-state index contributed by atoms with van der Waals surface area (Å²) in [7, 11) is 1.60. The van der Waals surface area contributed by atoms with E-state index >= 15 is 0 Å². The summed E-state index contributed by atoms with van der Waals surface area (Å²) in [5, 5.41) is 9.09. The molecule has 2 aromatic heterocycles. The Morgan fingerprint density at radius 1 is 1.03 bits per heavy atom. The van der Waals surface area contributed by atoms with Gasteiger partial charge in [-0.3, -0.25) is 14.3 Å². The lowest BCUT2D eigenvalue weighted by atomic mass is 10.1. The Morgan fingerprint density at radius 2 is 1.76 bits per heavy atom. The molecule has 0 N–H and O–H groups in total. The number of hydrogen-bond donors (Lipinski definition) is 0. The van der Waals surface area contributed by atoms with Crippen molar-refractivity contribution in [3.63, 3.8) is 0 Å². The molecule has 0 aliphatic heterocycles. The number of rotatable bonds is 9. The zero-order valence-electron chi connectivity index (χ0n) is 18.6. The third kappa shape index (κ3) is 5.06. The van der Waals surface area contributed by atoms with E-state index in [4.69, 9.17) is 9.47 Å². The summed E-state index contributed by atoms with van der Waals surface area (Å²) in [6.45, 7) is 4.42. The minimum absolute atomic E-state index is 0.00632. The van der Waals surface area contributed by atoms with Gasteiger partial charge in [-0.2, -0.15) is 0 Å². The Balaban J connectivity index is 1.67. The summed E-state index contributed by atoms with van der Waals surface area (Å²) >= 11 is 1.36. The lowest BCUT2D eigenvalue weighted by Crippen LogP contribution is -2.14. The molecule has 0 saturated carbocycles. The van der Waals surface area contributed by atoms with Gasteiger partial charge in [0.15, 0.2) is 16.8 Å². The number of aromatic nitrogens is 4. The van der Waals surface area contributed by atoms with Crippen LogP contribution in [0.4, 0.5) is 0 Å². The van der Waals surface area contributed by atoms with Gasteiger partial charge in [-0.1, -0.05) is 11.8 Å². The van der Waals surface area contributed by atoms with Crippen molar-refractivity contribution in [1.82, 2.24) is 19.7 Å². The molecule has 4 rings (SSSR count). The van der Waals surface area contributed by atoms with Gasteiger partial charge < -0.3 is 9.47 Å². The quantitative estimate of drug-likeness (QED) is 0.254. The van der Waals surface area contributed by atoms with Gasteiger partial charge in [-0.05, 0) is 74.5 Å². The molecule has 0 saturated heterocycles. The summed E-state index contributed by atoms with van der Waals surface area (Å²) in [5.74, 6) is 2.16. The highest BCUT2D eigenvalue weighted by molar-refractivity contribution is 8.00. The number of hydrogen-bond acceptors (Lipinski definition) is 7. The van der Waals surface area contributed by atoms with Crippen LogP contribution in [0.1, 0.15) is 24.2 Å². The number of thioether (sulfide) groups is 1. The van der Waals surface area contributed by atoms with E-state index in [-0.39, 0.29) is 11.0 Å². The maximum Gasteiger partial charge on any atom is 0.196 e. The molecule has 1 atom stereocenters. The number of methoxy groups -OCH3 is 1. The average molecular weight is 461 g/mol. The van der Waals surface area contributed by atoms with Gasteiger partial charge in [0.1, 0.15) is 11.5 Å². The maximum atomic E-state index is 13.0. The molecule has 0 amide bonds. The van der Waals surface area contributed by atoms with Crippen LogP contribution < -0.4 is 9.47 Å². The topological polar surface area (TPSA) is 79.1 Å². The largest absolute Gasteiger partial charge is 0.497 e. The lowest BCUT2D eigenvalue weighted by Gasteiger charge is -2.14. The second kappa shape index (κ2) is 10.3. The molecule has 168 valence electrons. The van der Waals surface area contributed by atoms with Crippen molar-refractivity contribution in [2.75, 3.05) is 13.7 Å². The first-order valence-electron chi connectivity index (χ1n) is 10.5. The fourth-order valence-corrected chi connectivity index (χ4v) is 4.27. The number of carbonyl (C=O) groups excluding carboxylic acids is 1. The van der Waals surface area contributed by atoms with Crippen LogP contribution in [-0.4, -0.2) is 44.5 Å². The summed E-state index contributed by atoms with van der Waals surface area (Å²) in [5.41, 5.74) is 2.32. The summed E-state index contributed by atoms with van der Waals surface area (Å²) < 4.78 is 12.7. The maximum absolute atomic E-state index is 13.0. The van der Waals surface area contributed by atoms with Gasteiger partial charge in [-0.25, -0.2) is 0 Å². The van der Waals surface area contributed by atoms with E-state index in [0.29, 0.717) is 28.9 Å². The molecular formula is C25H24N4O3S. The van der Waals surface area contributed by atoms with Gasteiger partial charge in [-0.15, -0.1) is 10.2 Å². The molecule has 8 heteroatoms. The molecule has 0 spiro atoms. The van der Waals surface area contributed by atoms with Crippen LogP contribution in [0.3, 0.4) is 0 Å². The number of benzene rings is 2. The van der Waals surface area contributed by atoms with E-state index in [0.717, 1.165) is 17.0 Å². The molecule has 7 nitrogen and oxygen atoms in total. The molecule has 0 fully saturated rings. The highest BCUT2D eigenvalue weighted by Crippen LogP contribution is 2.31. The van der Waals surface area contributed by atoms with Gasteiger partial charge in [0, 0.05) is 29.2 Å². The third-order valence-corrected chi connectivity index (χ3v) is 6.03. The Bertz CT molecular complexity index is 1210. The van der Waals surface area contributed by atoms with Crippen LogP contribution in [0.15, 0.2) is 78.2 Å². The minimum Gasteiger partial charge on any atom is -0.497 e. The second-order valence-electron chi connectivity index (χ2n) is 7.16. The zero-order chi connectivity index (χ0) is 23.2. The van der Waals surface area contributed by atoms with Gasteiger partial charge in [0.2, 0.25) is 0 Å². The Labute approximate surface area is 196 Å². The Kier molecular flexibility index (Phi) is 7.04. The average Bonchev–Trinajstić information content (AvgIpc) is 3.28. The highest BCUT2D eigenvalue weighted by Gasteiger charge is 2.23. The zero-order valence-corrected chi connectivity index (χ0v) is 19.5. The SMILES string of the molecule is CCOc1ccc(-n2c(SC(C)C(=O)c3ccc(OC)cc3)nnc2-c2cccnc2)cc1. The summed E-state index contributed by atoms with van der Waals surface area (Å²) in [4.78, 5) is 17.3. The van der Waals surface area contributed by atoms with E-state index < -0.39 is 0 Å². The number of ketones is 1. The molecule has 1 unspecified atom stereocenters. The summed E-state index contributed by atoms with van der Waals surface area (Å²) in [6.07, 6.45) is 3.46. The molecule has 2 aromatic carbocycles. The third-order valence-electron chi connectivity index (χ3n) is 4.98. The number of carbonyl (C=O) groups is 1. The minimum atomic E-state index is -0.370. The van der Waals surface area contributed by atoms with Crippen molar-refractivity contribution in [2.24, 2.45) is 0 Å². The molecular weight excluding hydrogens is 436 g/mol. The Hall–Kier alpha value is -3.65. The molecule has 0 bridgehead atoms. The van der Waals surface area contributed by atoms with Crippen LogP contribution in [0.5, 0.6) is 11.5 Å². The second-order valence-corrected chi connectivity index (χ2v) is 8.47. The molecule has 0 radical (unpaired) electrons. The highest BCUT2D eigenvalue weighted by atomic mass is 32.2. The summed E-state index contributed by atoms with van der Waals surface area (Å²) in [6, 6.07) is 18.6. The van der Waals surface area contributed by atoms with Crippen LogP contribution in [0, 0.1) is 0 Å². The van der Waals surface area contributed by atoms with Crippen molar-refractivity contribution < 1.29 is 14.3 Å². The Morgan fingerprint density at radius 3 is 2.39 bits per heavy atom. The van der Waals surface area contributed by atoms with E-state index in [1.807, 2.05) is 54.8 Å². The van der Waals surface area contributed by atoms with Gasteiger partial charge in [0.25, 0.3) is 0 Å². The normalized spacial score (nSPS) is 11.7. The van der Waals surface area contributed by atoms with Crippen LogP contribution in [0.25, 0.3) is 17.1 Å². The number of ether oxygens (including phenoxy) is 2. The van der Waals surface area contributed by atoms with Crippen molar-refractivity contribution in [2.45, 2.75) is 24.3 Å². The predicted octanol–water partition coefficient (Wildman–Crippen LogP) is 5.10. The molecule has 0 aliphatic carbocycles. The first kappa shape index (κ1) is 22.5. The fourth-order valence-electron chi connectivity index (χ4n) is 3.32. The lowest BCUT2D eigenvalue weighted by molar-refractivity contribution is 0.0994. The fraction of sp³-hybridized carbons (Fsp3) is 0.200.